The van der Waals surface area contributed by atoms with Gasteiger partial charge in [-0.15, -0.1) is 24.8 Å². The van der Waals surface area contributed by atoms with Crippen molar-refractivity contribution in [2.75, 3.05) is 13.1 Å². The zero-order valence-corrected chi connectivity index (χ0v) is 11.6. The molecule has 2 aliphatic rings. The number of pyridine rings is 1. The number of carbonyl (C=O) groups excluding carboxylic acids is 1. The average Bonchev–Trinajstić information content (AvgIpc) is 2.86. The maximum Gasteiger partial charge on any atom is 0.433 e. The van der Waals surface area contributed by atoms with E-state index in [1.54, 1.807) is 0 Å². The summed E-state index contributed by atoms with van der Waals surface area (Å²) in [6.07, 6.45) is -3.09. The number of nitrogens with one attached hydrogen (secondary N) is 1. The molecule has 0 bridgehead atoms. The standard InChI is InChI=1S/C11H9F3N2O2.2ClH/c12-11(13,14)8-3-7-6(4-16-8)9(17)18-10(7)1-2-15-5-10;;/h3-4,15H,1-2,5H2;2*1H. The van der Waals surface area contributed by atoms with Gasteiger partial charge in [0.25, 0.3) is 0 Å². The third-order valence-electron chi connectivity index (χ3n) is 3.31. The third kappa shape index (κ3) is 2.45. The van der Waals surface area contributed by atoms with E-state index in [1.807, 2.05) is 0 Å². The molecule has 1 spiro atoms. The van der Waals surface area contributed by atoms with Crippen LogP contribution < -0.4 is 5.32 Å². The summed E-state index contributed by atoms with van der Waals surface area (Å²) in [5.74, 6) is -0.602. The van der Waals surface area contributed by atoms with E-state index in [4.69, 9.17) is 4.74 Å². The molecule has 1 aromatic rings. The molecule has 0 aromatic carbocycles. The molecule has 112 valence electrons. The first kappa shape index (κ1) is 17.0. The number of aromatic nitrogens is 1. The lowest BCUT2D eigenvalue weighted by Crippen LogP contribution is -2.29. The van der Waals surface area contributed by atoms with Crippen LogP contribution in [0, 0.1) is 0 Å². The summed E-state index contributed by atoms with van der Waals surface area (Å²) < 4.78 is 43.1. The number of fused-ring (bicyclic) bond motifs is 2. The summed E-state index contributed by atoms with van der Waals surface area (Å²) in [6.45, 7) is 0.948. The first-order valence-electron chi connectivity index (χ1n) is 5.44. The SMILES string of the molecule is Cl.Cl.O=C1OC2(CCNC2)c2cc(C(F)(F)F)ncc21. The van der Waals surface area contributed by atoms with Gasteiger partial charge in [-0.3, -0.25) is 4.98 Å². The predicted octanol–water partition coefficient (Wildman–Crippen LogP) is 2.30. The van der Waals surface area contributed by atoms with E-state index in [0.717, 1.165) is 12.3 Å². The summed E-state index contributed by atoms with van der Waals surface area (Å²) in [4.78, 5) is 14.9. The fourth-order valence-corrected chi connectivity index (χ4v) is 2.42. The molecule has 1 unspecified atom stereocenters. The lowest BCUT2D eigenvalue weighted by molar-refractivity contribution is -0.141. The van der Waals surface area contributed by atoms with Crippen LogP contribution in [0.4, 0.5) is 13.2 Å². The van der Waals surface area contributed by atoms with Gasteiger partial charge in [-0.2, -0.15) is 13.2 Å². The Morgan fingerprint density at radius 3 is 2.60 bits per heavy atom. The van der Waals surface area contributed by atoms with E-state index >= 15 is 0 Å². The monoisotopic (exact) mass is 330 g/mol. The largest absolute Gasteiger partial charge is 0.449 e. The molecule has 20 heavy (non-hydrogen) atoms. The van der Waals surface area contributed by atoms with Gasteiger partial charge in [0.05, 0.1) is 5.56 Å². The van der Waals surface area contributed by atoms with Gasteiger partial charge in [-0.05, 0) is 12.6 Å². The molecular formula is C11H11Cl2F3N2O2. The molecule has 1 atom stereocenters. The van der Waals surface area contributed by atoms with Crippen molar-refractivity contribution in [2.24, 2.45) is 0 Å². The van der Waals surface area contributed by atoms with Gasteiger partial charge < -0.3 is 10.1 Å². The van der Waals surface area contributed by atoms with Crippen molar-refractivity contribution in [3.63, 3.8) is 0 Å². The Morgan fingerprint density at radius 2 is 2.05 bits per heavy atom. The second kappa shape index (κ2) is 5.38. The van der Waals surface area contributed by atoms with Crippen LogP contribution >= 0.6 is 24.8 Å². The lowest BCUT2D eigenvalue weighted by atomic mass is 9.92. The quantitative estimate of drug-likeness (QED) is 0.741. The van der Waals surface area contributed by atoms with Gasteiger partial charge in [0.1, 0.15) is 5.69 Å². The molecule has 4 nitrogen and oxygen atoms in total. The Kier molecular flexibility index (Phi) is 4.58. The highest BCUT2D eigenvalue weighted by atomic mass is 35.5. The van der Waals surface area contributed by atoms with E-state index in [-0.39, 0.29) is 30.4 Å². The maximum absolute atomic E-state index is 12.6. The molecule has 1 N–H and O–H groups in total. The number of ether oxygens (including phenoxy) is 1. The smallest absolute Gasteiger partial charge is 0.433 e. The predicted molar refractivity (Wildman–Crippen MR) is 68.3 cm³/mol. The Morgan fingerprint density at radius 1 is 1.35 bits per heavy atom. The van der Waals surface area contributed by atoms with Crippen molar-refractivity contribution in [3.05, 3.63) is 29.1 Å². The number of rotatable bonds is 0. The summed E-state index contributed by atoms with van der Waals surface area (Å²) in [7, 11) is 0. The van der Waals surface area contributed by atoms with Crippen LogP contribution in [-0.2, 0) is 16.5 Å². The highest BCUT2D eigenvalue weighted by Crippen LogP contribution is 2.42. The average molecular weight is 331 g/mol. The van der Waals surface area contributed by atoms with Gasteiger partial charge in [-0.25, -0.2) is 4.79 Å². The molecule has 1 fully saturated rings. The van der Waals surface area contributed by atoms with Crippen LogP contribution in [0.5, 0.6) is 0 Å². The van der Waals surface area contributed by atoms with Crippen molar-refractivity contribution in [1.29, 1.82) is 0 Å². The molecule has 0 aliphatic carbocycles. The minimum Gasteiger partial charge on any atom is -0.449 e. The molecule has 9 heteroatoms. The van der Waals surface area contributed by atoms with Crippen molar-refractivity contribution in [3.8, 4) is 0 Å². The molecule has 2 aliphatic heterocycles. The van der Waals surface area contributed by atoms with Crippen LogP contribution in [0.2, 0.25) is 0 Å². The first-order chi connectivity index (χ1) is 8.42. The van der Waals surface area contributed by atoms with E-state index in [9.17, 15) is 18.0 Å². The summed E-state index contributed by atoms with van der Waals surface area (Å²) in [5, 5.41) is 3.00. The minimum atomic E-state index is -4.52. The Hall–Kier alpha value is -1.05. The summed E-state index contributed by atoms with van der Waals surface area (Å²) in [6, 6.07) is 0.924. The molecule has 0 radical (unpaired) electrons. The highest BCUT2D eigenvalue weighted by molar-refractivity contribution is 5.94. The zero-order chi connectivity index (χ0) is 13.0. The van der Waals surface area contributed by atoms with E-state index in [2.05, 4.69) is 10.3 Å². The number of hydrogen-bond donors (Lipinski definition) is 1. The summed E-state index contributed by atoms with van der Waals surface area (Å²) >= 11 is 0. The molecule has 1 aromatic heterocycles. The number of nitrogens with zero attached hydrogens (tertiary/aromatic N) is 1. The van der Waals surface area contributed by atoms with Crippen LogP contribution in [-0.4, -0.2) is 24.0 Å². The van der Waals surface area contributed by atoms with Crippen molar-refractivity contribution >= 4 is 30.8 Å². The highest BCUT2D eigenvalue weighted by Gasteiger charge is 2.49. The number of carbonyl (C=O) groups is 1. The Labute approximate surface area is 124 Å². The number of alkyl halides is 3. The van der Waals surface area contributed by atoms with E-state index < -0.39 is 23.4 Å². The molecule has 0 amide bonds. The molecule has 1 saturated heterocycles. The number of hydrogen-bond acceptors (Lipinski definition) is 4. The second-order valence-corrected chi connectivity index (χ2v) is 4.42. The zero-order valence-electron chi connectivity index (χ0n) is 9.99. The third-order valence-corrected chi connectivity index (χ3v) is 3.31. The molecule has 3 heterocycles. The van der Waals surface area contributed by atoms with Gasteiger partial charge in [-0.1, -0.05) is 0 Å². The molecule has 0 saturated carbocycles. The maximum atomic E-state index is 12.6. The van der Waals surface area contributed by atoms with Gasteiger partial charge >= 0.3 is 12.1 Å². The minimum absolute atomic E-state index is 0. The van der Waals surface area contributed by atoms with Crippen molar-refractivity contribution in [2.45, 2.75) is 18.2 Å². The van der Waals surface area contributed by atoms with Crippen LogP contribution in [0.1, 0.15) is 28.0 Å². The van der Waals surface area contributed by atoms with Gasteiger partial charge in [0.2, 0.25) is 0 Å². The lowest BCUT2D eigenvalue weighted by Gasteiger charge is -2.22. The van der Waals surface area contributed by atoms with Gasteiger partial charge in [0, 0.05) is 24.7 Å². The number of halogens is 5. The second-order valence-electron chi connectivity index (χ2n) is 4.42. The van der Waals surface area contributed by atoms with Gasteiger partial charge in [0.15, 0.2) is 5.60 Å². The summed E-state index contributed by atoms with van der Waals surface area (Å²) in [5.41, 5.74) is -1.52. The van der Waals surface area contributed by atoms with Crippen LogP contribution in [0.15, 0.2) is 12.3 Å². The van der Waals surface area contributed by atoms with Crippen LogP contribution in [0.3, 0.4) is 0 Å². The van der Waals surface area contributed by atoms with E-state index in [1.165, 1.54) is 0 Å². The Bertz CT molecular complexity index is 531. The fourth-order valence-electron chi connectivity index (χ4n) is 2.42. The van der Waals surface area contributed by atoms with E-state index in [0.29, 0.717) is 25.1 Å². The first-order valence-corrected chi connectivity index (χ1v) is 5.44. The van der Waals surface area contributed by atoms with Crippen molar-refractivity contribution < 1.29 is 22.7 Å². The Balaban J connectivity index is 0.000001000. The van der Waals surface area contributed by atoms with Crippen LogP contribution in [0.25, 0.3) is 0 Å². The fraction of sp³-hybridized carbons (Fsp3) is 0.455. The number of esters is 1. The molecular weight excluding hydrogens is 320 g/mol. The molecule has 3 rings (SSSR count). The topological polar surface area (TPSA) is 51.2 Å². The van der Waals surface area contributed by atoms with Crippen molar-refractivity contribution in [1.82, 2.24) is 10.3 Å². The normalized spacial score (nSPS) is 23.9.